The molecule has 0 fully saturated rings. The molecule has 0 bridgehead atoms. The molecule has 0 saturated carbocycles. The van der Waals surface area contributed by atoms with Crippen molar-refractivity contribution in [1.82, 2.24) is 30.7 Å². The molecule has 0 aliphatic heterocycles. The molecule has 774 valence electrons. The highest BCUT2D eigenvalue weighted by Crippen LogP contribution is 2.20. The molecule has 0 radical (unpaired) electrons. The first-order valence-electron chi connectivity index (χ1n) is 58.8. The third kappa shape index (κ3) is 94.4. The van der Waals surface area contributed by atoms with E-state index in [2.05, 4.69) is 218 Å². The maximum Gasteiger partial charge on any atom is 0.251 e. The molecule has 135 heavy (non-hydrogen) atoms. The number of unbranched alkanes of at least 4 members (excludes halogenated alkanes) is 54. The van der Waals surface area contributed by atoms with E-state index in [1.54, 1.807) is 18.2 Å². The van der Waals surface area contributed by atoms with E-state index >= 15 is 0 Å². The van der Waals surface area contributed by atoms with Crippen LogP contribution in [-0.4, -0.2) is 111 Å². The van der Waals surface area contributed by atoms with Gasteiger partial charge in [0.05, 0.1) is 0 Å². The Balaban J connectivity index is 3.38. The molecule has 0 aliphatic rings. The van der Waals surface area contributed by atoms with E-state index < -0.39 is 0 Å². The molecule has 1 aromatic rings. The van der Waals surface area contributed by atoms with E-state index in [1.807, 2.05) is 0 Å². The molecular weight excluding hydrogens is 1650 g/mol. The number of carbonyl (C=O) groups is 3. The van der Waals surface area contributed by atoms with Crippen molar-refractivity contribution in [3.8, 4) is 0 Å². The van der Waals surface area contributed by atoms with Crippen molar-refractivity contribution in [1.29, 1.82) is 0 Å². The van der Waals surface area contributed by atoms with Crippen molar-refractivity contribution in [2.24, 2.45) is 0 Å². The zero-order valence-corrected chi connectivity index (χ0v) is 90.2. The monoisotopic (exact) mass is 1870 g/mol. The summed E-state index contributed by atoms with van der Waals surface area (Å²) in [5.41, 5.74) is 1.11. The highest BCUT2D eigenvalue weighted by atomic mass is 16.2. The first-order valence-corrected chi connectivity index (χ1v) is 58.8. The predicted molar refractivity (Wildman–Crippen MR) is 603 cm³/mol. The van der Waals surface area contributed by atoms with Gasteiger partial charge >= 0.3 is 0 Å². The number of nitrogens with zero attached hydrogens (tertiary/aromatic N) is 3. The lowest BCUT2D eigenvalue weighted by Gasteiger charge is -2.23. The van der Waals surface area contributed by atoms with E-state index in [1.165, 1.54) is 424 Å². The second-order valence-corrected chi connectivity index (χ2v) is 39.7. The molecule has 1 aromatic carbocycles. The molecule has 0 atom stereocenters. The smallest absolute Gasteiger partial charge is 0.251 e. The second kappa shape index (κ2) is 109. The summed E-state index contributed by atoms with van der Waals surface area (Å²) in [6.45, 7) is 24.6. The van der Waals surface area contributed by atoms with E-state index in [0.717, 1.165) is 117 Å². The molecule has 0 unspecified atom stereocenters. The molecule has 0 saturated heterocycles. The van der Waals surface area contributed by atoms with Gasteiger partial charge in [-0.3, -0.25) is 14.4 Å². The molecule has 3 N–H and O–H groups in total. The minimum Gasteiger partial charge on any atom is -0.352 e. The lowest BCUT2D eigenvalue weighted by molar-refractivity contribution is 0.0950. The standard InChI is InChI=1S/C126H222N6O3/c1-7-13-19-25-31-37-43-49-55-61-67-73-79-85-91-97-109-130(110-98-92-86-80-74-68-62-56-50-44-38-32-26-20-14-8-2)115-103-106-127-124(133)121-118-122(125(134)128-107-104-116-131(111-99-93-87-81-75-69-63-57-51-45-39-33-27-21-15-9-3)112-100-94-88-82-76-70-64-58-52-46-40-34-28-22-16-10-4)120-123(119-121)126(135)129-108-105-117-132(113-101-95-89-83-77-71-65-59-53-47-41-35-29-23-17-11-5)114-102-96-90-84-78-72-66-60-54-48-42-36-30-24-18-12-6/h31-42,49-60,118-120H,7-30,43-48,61-117H2,1-6H3,(H,127,133)(H,128,134)(H,129,135)/b37-31-,38-32-,39-33-,40-34-,41-35-,42-36-,55-49-,56-50-,57-51-,58-52-,59-53-,60-54-. The largest absolute Gasteiger partial charge is 0.352 e. The molecule has 3 amide bonds. The van der Waals surface area contributed by atoms with Gasteiger partial charge in [0.2, 0.25) is 0 Å². The SMILES string of the molecule is CCCCC/C=C\C/C=C\CCCCCCCCN(CCCCCCCC/C=C\C/C=C\CCCCC)CCCNC(=O)c1cc(C(=O)NCCCN(CCCCCCCC/C=C\C/C=C\CCCCC)CCCCCCCC/C=C\C/C=C\CCCCC)cc(C(=O)NCCCN(CCCCCCCC/C=C\C/C=C\CCCCC)CCCCCCCC/C=C\C/C=C\CCCCC)c1. The molecule has 1 rings (SSSR count). The van der Waals surface area contributed by atoms with Gasteiger partial charge in [0.1, 0.15) is 0 Å². The van der Waals surface area contributed by atoms with Crippen molar-refractivity contribution in [2.75, 3.05) is 78.5 Å². The maximum absolute atomic E-state index is 14.6. The zero-order valence-electron chi connectivity index (χ0n) is 90.2. The number of allylic oxidation sites excluding steroid dienone is 24. The van der Waals surface area contributed by atoms with Crippen LogP contribution in [0.3, 0.4) is 0 Å². The van der Waals surface area contributed by atoms with Crippen LogP contribution in [0, 0.1) is 0 Å². The van der Waals surface area contributed by atoms with Gasteiger partial charge in [-0.05, 0) is 328 Å². The summed E-state index contributed by atoms with van der Waals surface area (Å²) in [6, 6.07) is 5.19. The van der Waals surface area contributed by atoms with Crippen LogP contribution in [0.4, 0.5) is 0 Å². The Morgan fingerprint density at radius 2 is 0.296 bits per heavy atom. The fraction of sp³-hybridized carbons (Fsp3) is 0.738. The Bertz CT molecular complexity index is 2590. The third-order valence-electron chi connectivity index (χ3n) is 26.6. The number of carbonyl (C=O) groups excluding carboxylic acids is 3. The van der Waals surface area contributed by atoms with Crippen LogP contribution in [0.2, 0.25) is 0 Å². The fourth-order valence-electron chi connectivity index (χ4n) is 17.8. The van der Waals surface area contributed by atoms with Gasteiger partial charge in [0, 0.05) is 36.3 Å². The zero-order chi connectivity index (χ0) is 96.9. The van der Waals surface area contributed by atoms with Gasteiger partial charge in [0.25, 0.3) is 17.7 Å². The Morgan fingerprint density at radius 3 is 0.444 bits per heavy atom. The highest BCUT2D eigenvalue weighted by Gasteiger charge is 2.19. The predicted octanol–water partition coefficient (Wildman–Crippen LogP) is 37.8. The summed E-state index contributed by atoms with van der Waals surface area (Å²) in [4.78, 5) is 51.7. The van der Waals surface area contributed by atoms with Gasteiger partial charge in [-0.15, -0.1) is 0 Å². The Labute approximate surface area is 839 Å². The number of benzene rings is 1. The van der Waals surface area contributed by atoms with Gasteiger partial charge in [-0.25, -0.2) is 0 Å². The molecule has 9 heteroatoms. The van der Waals surface area contributed by atoms with Crippen molar-refractivity contribution < 1.29 is 14.4 Å². The lowest BCUT2D eigenvalue weighted by Crippen LogP contribution is -2.33. The molecule has 0 aliphatic carbocycles. The van der Waals surface area contributed by atoms with Gasteiger partial charge in [-0.1, -0.05) is 419 Å². The highest BCUT2D eigenvalue weighted by molar-refractivity contribution is 6.04. The first-order chi connectivity index (χ1) is 66.8. The minimum atomic E-state index is -0.229. The second-order valence-electron chi connectivity index (χ2n) is 39.7. The molecule has 9 nitrogen and oxygen atoms in total. The topological polar surface area (TPSA) is 97.0 Å². The van der Waals surface area contributed by atoms with Gasteiger partial charge < -0.3 is 30.7 Å². The van der Waals surface area contributed by atoms with Crippen LogP contribution in [-0.2, 0) is 0 Å². The Kier molecular flexibility index (Phi) is 103. The number of hydrogen-bond acceptors (Lipinski definition) is 6. The average Bonchev–Trinajstić information content (AvgIpc) is 0.825. The molecule has 0 spiro atoms. The normalized spacial score (nSPS) is 12.5. The lowest BCUT2D eigenvalue weighted by atomic mass is 10.0. The van der Waals surface area contributed by atoms with Crippen LogP contribution in [0.1, 0.15) is 554 Å². The van der Waals surface area contributed by atoms with Crippen LogP contribution in [0.5, 0.6) is 0 Å². The van der Waals surface area contributed by atoms with E-state index in [9.17, 15) is 14.4 Å². The maximum atomic E-state index is 14.6. The first kappa shape index (κ1) is 127. The van der Waals surface area contributed by atoms with Crippen molar-refractivity contribution >= 4 is 17.7 Å². The van der Waals surface area contributed by atoms with Crippen molar-refractivity contribution in [3.63, 3.8) is 0 Å². The van der Waals surface area contributed by atoms with E-state index in [-0.39, 0.29) is 17.7 Å². The molecule has 0 aromatic heterocycles. The number of amides is 3. The van der Waals surface area contributed by atoms with Crippen molar-refractivity contribution in [2.45, 2.75) is 523 Å². The minimum absolute atomic E-state index is 0.229. The van der Waals surface area contributed by atoms with E-state index in [4.69, 9.17) is 0 Å². The van der Waals surface area contributed by atoms with Crippen LogP contribution >= 0.6 is 0 Å². The summed E-state index contributed by atoms with van der Waals surface area (Å²) in [5, 5.41) is 9.86. The number of nitrogens with one attached hydrogen (secondary N) is 3. The average molecular weight is 1870 g/mol. The van der Waals surface area contributed by atoms with Gasteiger partial charge in [-0.2, -0.15) is 0 Å². The number of rotatable bonds is 105. The summed E-state index contributed by atoms with van der Waals surface area (Å²) < 4.78 is 0. The summed E-state index contributed by atoms with van der Waals surface area (Å²) >= 11 is 0. The summed E-state index contributed by atoms with van der Waals surface area (Å²) in [6.07, 6.45) is 149. The Morgan fingerprint density at radius 1 is 0.170 bits per heavy atom. The van der Waals surface area contributed by atoms with Crippen LogP contribution in [0.25, 0.3) is 0 Å². The quantitative estimate of drug-likeness (QED) is 0.0444. The Hall–Kier alpha value is -5.61. The van der Waals surface area contributed by atoms with E-state index in [0.29, 0.717) is 36.3 Å². The van der Waals surface area contributed by atoms with Crippen LogP contribution < -0.4 is 16.0 Å². The van der Waals surface area contributed by atoms with Crippen molar-refractivity contribution in [3.05, 3.63) is 181 Å². The van der Waals surface area contributed by atoms with Crippen LogP contribution in [0.15, 0.2) is 164 Å². The third-order valence-corrected chi connectivity index (χ3v) is 26.6. The molecular formula is C126H222N6O3. The summed E-state index contributed by atoms with van der Waals surface area (Å²) in [7, 11) is 0. The fourth-order valence-corrected chi connectivity index (χ4v) is 17.8. The van der Waals surface area contributed by atoms with Gasteiger partial charge in [0.15, 0.2) is 0 Å². The number of hydrogen-bond donors (Lipinski definition) is 3. The summed E-state index contributed by atoms with van der Waals surface area (Å²) in [5.74, 6) is -0.686. The molecule has 0 heterocycles.